The van der Waals surface area contributed by atoms with E-state index in [-0.39, 0.29) is 0 Å². The lowest BCUT2D eigenvalue weighted by molar-refractivity contribution is -0.107. The lowest BCUT2D eigenvalue weighted by atomic mass is 9.85. The van der Waals surface area contributed by atoms with E-state index < -0.39 is 11.2 Å². The van der Waals surface area contributed by atoms with Crippen LogP contribution in [0.15, 0.2) is 18.2 Å². The standard InChI is InChI=1S/C7H7B2N.C6H14O2/c8-6-1-5(4-10)2-7(9)3-6;1-5(2,7)6(3,4)8/h1-3H,4,10H2;7-8H,1-4H3. The Morgan fingerprint density at radius 3 is 1.50 bits per heavy atom. The van der Waals surface area contributed by atoms with E-state index in [4.69, 9.17) is 31.6 Å². The van der Waals surface area contributed by atoms with Crippen LogP contribution in [0.25, 0.3) is 0 Å². The molecule has 0 heterocycles. The van der Waals surface area contributed by atoms with E-state index in [1.165, 1.54) is 0 Å². The zero-order valence-corrected chi connectivity index (χ0v) is 11.6. The first-order valence-electron chi connectivity index (χ1n) is 5.77. The summed E-state index contributed by atoms with van der Waals surface area (Å²) < 4.78 is 0. The van der Waals surface area contributed by atoms with Gasteiger partial charge >= 0.3 is 0 Å². The Morgan fingerprint density at radius 1 is 0.944 bits per heavy atom. The van der Waals surface area contributed by atoms with Crippen LogP contribution in [0.1, 0.15) is 33.3 Å². The first-order valence-corrected chi connectivity index (χ1v) is 5.77. The van der Waals surface area contributed by atoms with Gasteiger partial charge in [0, 0.05) is 6.54 Å². The highest BCUT2D eigenvalue weighted by atomic mass is 16.3. The highest BCUT2D eigenvalue weighted by Crippen LogP contribution is 2.19. The van der Waals surface area contributed by atoms with Crippen LogP contribution in [0.4, 0.5) is 0 Å². The molecule has 1 rings (SSSR count). The SMILES string of the molecule is CC(C)(O)C(C)(C)O.[B]c1cc([B])cc(CN)c1. The second-order valence-corrected chi connectivity index (χ2v) is 5.33. The zero-order chi connectivity index (χ0) is 14.6. The van der Waals surface area contributed by atoms with Crippen LogP contribution in [-0.4, -0.2) is 37.1 Å². The minimum absolute atomic E-state index is 0.481. The monoisotopic (exact) mass is 245 g/mol. The summed E-state index contributed by atoms with van der Waals surface area (Å²) in [4.78, 5) is 0. The molecule has 96 valence electrons. The molecule has 4 radical (unpaired) electrons. The van der Waals surface area contributed by atoms with Gasteiger partial charge < -0.3 is 15.9 Å². The van der Waals surface area contributed by atoms with E-state index in [1.54, 1.807) is 33.8 Å². The third kappa shape index (κ3) is 6.24. The molecule has 0 aliphatic rings. The number of hydrogen-bond donors (Lipinski definition) is 3. The van der Waals surface area contributed by atoms with Crippen molar-refractivity contribution in [2.24, 2.45) is 5.73 Å². The van der Waals surface area contributed by atoms with Gasteiger partial charge in [0.15, 0.2) is 0 Å². The van der Waals surface area contributed by atoms with Crippen LogP contribution in [0.3, 0.4) is 0 Å². The first-order chi connectivity index (χ1) is 7.97. The summed E-state index contributed by atoms with van der Waals surface area (Å²) in [5.41, 5.74) is 5.67. The van der Waals surface area contributed by atoms with Gasteiger partial charge in [-0.1, -0.05) is 29.1 Å². The summed E-state index contributed by atoms with van der Waals surface area (Å²) in [7, 11) is 11.0. The summed E-state index contributed by atoms with van der Waals surface area (Å²) in [6.45, 7) is 6.79. The molecule has 5 heteroatoms. The van der Waals surface area contributed by atoms with Gasteiger partial charge in [0.05, 0.1) is 11.2 Å². The highest BCUT2D eigenvalue weighted by Gasteiger charge is 2.31. The highest BCUT2D eigenvalue weighted by molar-refractivity contribution is 6.37. The van der Waals surface area contributed by atoms with Crippen molar-refractivity contribution in [1.82, 2.24) is 0 Å². The van der Waals surface area contributed by atoms with Crippen molar-refractivity contribution in [3.8, 4) is 0 Å². The number of nitrogens with two attached hydrogens (primary N) is 1. The van der Waals surface area contributed by atoms with Crippen LogP contribution in [-0.2, 0) is 6.54 Å². The van der Waals surface area contributed by atoms with E-state index in [2.05, 4.69) is 0 Å². The minimum Gasteiger partial charge on any atom is -0.387 e. The van der Waals surface area contributed by atoms with Crippen molar-refractivity contribution in [2.75, 3.05) is 0 Å². The summed E-state index contributed by atoms with van der Waals surface area (Å²) >= 11 is 0. The summed E-state index contributed by atoms with van der Waals surface area (Å²) in [6.07, 6.45) is 0. The molecule has 18 heavy (non-hydrogen) atoms. The lowest BCUT2D eigenvalue weighted by Crippen LogP contribution is -2.44. The van der Waals surface area contributed by atoms with Gasteiger partial charge in [-0.2, -0.15) is 0 Å². The minimum atomic E-state index is -1.01. The van der Waals surface area contributed by atoms with Gasteiger partial charge in [-0.25, -0.2) is 0 Å². The fourth-order valence-corrected chi connectivity index (χ4v) is 0.863. The summed E-state index contributed by atoms with van der Waals surface area (Å²) in [6, 6.07) is 5.34. The molecule has 0 atom stereocenters. The molecule has 0 saturated heterocycles. The Morgan fingerprint density at radius 2 is 1.28 bits per heavy atom. The first kappa shape index (κ1) is 17.2. The molecular formula is C13H21B2NO2. The second kappa shape index (κ2) is 6.41. The van der Waals surface area contributed by atoms with E-state index in [0.29, 0.717) is 17.5 Å². The van der Waals surface area contributed by atoms with Crippen molar-refractivity contribution < 1.29 is 10.2 Å². The quantitative estimate of drug-likeness (QED) is 0.601. The van der Waals surface area contributed by atoms with E-state index in [9.17, 15) is 0 Å². The molecule has 0 aromatic heterocycles. The predicted molar refractivity (Wildman–Crippen MR) is 77.7 cm³/mol. The van der Waals surface area contributed by atoms with Crippen LogP contribution >= 0.6 is 0 Å². The molecule has 4 N–H and O–H groups in total. The molecule has 0 aliphatic carbocycles. The second-order valence-electron chi connectivity index (χ2n) is 5.33. The lowest BCUT2D eigenvalue weighted by Gasteiger charge is -2.31. The third-order valence-corrected chi connectivity index (χ3v) is 2.77. The molecule has 1 aromatic rings. The number of aliphatic hydroxyl groups is 2. The van der Waals surface area contributed by atoms with Crippen LogP contribution in [0.2, 0.25) is 0 Å². The van der Waals surface area contributed by atoms with Gasteiger partial charge in [0.2, 0.25) is 0 Å². The normalized spacial score (nSPS) is 11.7. The van der Waals surface area contributed by atoms with E-state index in [1.807, 2.05) is 12.1 Å². The Kier molecular flexibility index (Phi) is 6.14. The maximum atomic E-state index is 9.10. The Hall–Kier alpha value is -0.770. The van der Waals surface area contributed by atoms with E-state index in [0.717, 1.165) is 5.56 Å². The van der Waals surface area contributed by atoms with Crippen LogP contribution in [0, 0.1) is 0 Å². The van der Waals surface area contributed by atoms with Crippen molar-refractivity contribution in [1.29, 1.82) is 0 Å². The predicted octanol–water partition coefficient (Wildman–Crippen LogP) is -0.739. The van der Waals surface area contributed by atoms with Gasteiger partial charge in [-0.05, 0) is 33.3 Å². The molecule has 0 fully saturated rings. The molecule has 0 saturated carbocycles. The van der Waals surface area contributed by atoms with Crippen molar-refractivity contribution in [3.63, 3.8) is 0 Å². The Bertz CT molecular complexity index is 349. The van der Waals surface area contributed by atoms with E-state index >= 15 is 0 Å². The molecule has 0 bridgehead atoms. The van der Waals surface area contributed by atoms with Gasteiger partial charge in [0.1, 0.15) is 15.7 Å². The third-order valence-electron chi connectivity index (χ3n) is 2.77. The summed E-state index contributed by atoms with van der Waals surface area (Å²) in [5.74, 6) is 0. The fourth-order valence-electron chi connectivity index (χ4n) is 0.863. The van der Waals surface area contributed by atoms with Crippen molar-refractivity contribution >= 4 is 26.6 Å². The Labute approximate surface area is 112 Å². The number of rotatable bonds is 2. The van der Waals surface area contributed by atoms with Gasteiger partial charge in [-0.15, -0.1) is 0 Å². The topological polar surface area (TPSA) is 66.5 Å². The van der Waals surface area contributed by atoms with Crippen molar-refractivity contribution in [3.05, 3.63) is 23.8 Å². The molecule has 3 nitrogen and oxygen atoms in total. The van der Waals surface area contributed by atoms with Crippen LogP contribution in [0.5, 0.6) is 0 Å². The zero-order valence-electron chi connectivity index (χ0n) is 11.6. The molecular weight excluding hydrogens is 224 g/mol. The molecule has 0 unspecified atom stereocenters. The number of benzene rings is 1. The largest absolute Gasteiger partial charge is 0.387 e. The molecule has 0 spiro atoms. The van der Waals surface area contributed by atoms with Crippen LogP contribution < -0.4 is 16.7 Å². The summed E-state index contributed by atoms with van der Waals surface area (Å²) in [5, 5.41) is 18.2. The maximum Gasteiger partial charge on any atom is 0.113 e. The molecule has 0 amide bonds. The van der Waals surface area contributed by atoms with Crippen molar-refractivity contribution in [2.45, 2.75) is 45.4 Å². The smallest absolute Gasteiger partial charge is 0.113 e. The Balaban J connectivity index is 0.000000331. The average molecular weight is 245 g/mol. The van der Waals surface area contributed by atoms with Gasteiger partial charge in [-0.3, -0.25) is 0 Å². The van der Waals surface area contributed by atoms with Gasteiger partial charge in [0.25, 0.3) is 0 Å². The fraction of sp³-hybridized carbons (Fsp3) is 0.538. The average Bonchev–Trinajstić information content (AvgIpc) is 2.13. The number of hydrogen-bond acceptors (Lipinski definition) is 3. The molecule has 1 aromatic carbocycles. The molecule has 0 aliphatic heterocycles. The maximum absolute atomic E-state index is 9.10.